The zero-order valence-electron chi connectivity index (χ0n) is 15.2. The van der Waals surface area contributed by atoms with E-state index in [-0.39, 0.29) is 16.8 Å². The quantitative estimate of drug-likeness (QED) is 0.812. The van der Waals surface area contributed by atoms with E-state index >= 15 is 0 Å². The van der Waals surface area contributed by atoms with Crippen molar-refractivity contribution in [1.82, 2.24) is 4.31 Å². The van der Waals surface area contributed by atoms with E-state index in [1.807, 2.05) is 31.2 Å². The molecule has 0 aliphatic carbocycles. The second kappa shape index (κ2) is 7.07. The van der Waals surface area contributed by atoms with Gasteiger partial charge in [-0.25, -0.2) is 8.42 Å². The number of carbonyl (C=O) groups is 1. The highest BCUT2D eigenvalue weighted by molar-refractivity contribution is 7.89. The maximum atomic E-state index is 13.0. The third-order valence-electron chi connectivity index (χ3n) is 5.14. The normalized spacial score (nSPS) is 20.5. The van der Waals surface area contributed by atoms with Crippen molar-refractivity contribution in [3.05, 3.63) is 59.7 Å². The smallest absolute Gasteiger partial charge is 0.258 e. The number of carbonyl (C=O) groups excluding carboxylic acids is 1. The van der Waals surface area contributed by atoms with Crippen LogP contribution in [-0.4, -0.2) is 51.0 Å². The summed E-state index contributed by atoms with van der Waals surface area (Å²) in [5, 5.41) is 0. The van der Waals surface area contributed by atoms with Crippen LogP contribution in [-0.2, 0) is 21.2 Å². The fourth-order valence-electron chi connectivity index (χ4n) is 3.72. The molecule has 1 amide bonds. The first-order valence-electron chi connectivity index (χ1n) is 9.08. The van der Waals surface area contributed by atoms with Crippen molar-refractivity contribution >= 4 is 21.6 Å². The van der Waals surface area contributed by atoms with E-state index in [9.17, 15) is 13.2 Å². The largest absolute Gasteiger partial charge is 0.379 e. The third-order valence-corrected chi connectivity index (χ3v) is 7.05. The molecule has 0 spiro atoms. The molecule has 0 aromatic heterocycles. The Morgan fingerprint density at radius 1 is 1.04 bits per heavy atom. The number of amides is 1. The minimum Gasteiger partial charge on any atom is -0.379 e. The number of benzene rings is 2. The molecule has 2 aliphatic heterocycles. The van der Waals surface area contributed by atoms with E-state index in [1.165, 1.54) is 16.4 Å². The molecule has 2 aromatic rings. The van der Waals surface area contributed by atoms with Crippen LogP contribution < -0.4 is 4.90 Å². The van der Waals surface area contributed by atoms with E-state index in [0.717, 1.165) is 17.7 Å². The molecular weight excluding hydrogens is 364 g/mol. The molecule has 2 heterocycles. The molecule has 0 saturated carbocycles. The first-order valence-corrected chi connectivity index (χ1v) is 10.5. The average molecular weight is 386 g/mol. The van der Waals surface area contributed by atoms with E-state index in [4.69, 9.17) is 4.74 Å². The molecule has 7 heteroatoms. The molecule has 1 atom stereocenters. The Kier molecular flexibility index (Phi) is 4.75. The van der Waals surface area contributed by atoms with Gasteiger partial charge in [0.15, 0.2) is 0 Å². The number of nitrogens with zero attached hydrogens (tertiary/aromatic N) is 2. The van der Waals surface area contributed by atoms with E-state index in [0.29, 0.717) is 31.9 Å². The Balaban J connectivity index is 1.58. The van der Waals surface area contributed by atoms with E-state index in [2.05, 4.69) is 0 Å². The van der Waals surface area contributed by atoms with Crippen LogP contribution in [0, 0.1) is 0 Å². The highest BCUT2D eigenvalue weighted by Gasteiger charge is 2.32. The molecule has 27 heavy (non-hydrogen) atoms. The molecule has 4 rings (SSSR count). The summed E-state index contributed by atoms with van der Waals surface area (Å²) in [4.78, 5) is 15.0. The number of hydrogen-bond acceptors (Lipinski definition) is 4. The van der Waals surface area contributed by atoms with Crippen LogP contribution in [0.2, 0.25) is 0 Å². The third kappa shape index (κ3) is 3.26. The lowest BCUT2D eigenvalue weighted by Gasteiger charge is -2.26. The predicted octanol–water partition coefficient (Wildman–Crippen LogP) is 2.30. The molecule has 0 bridgehead atoms. The van der Waals surface area contributed by atoms with Gasteiger partial charge in [0.25, 0.3) is 5.91 Å². The monoisotopic (exact) mass is 386 g/mol. The number of fused-ring (bicyclic) bond motifs is 1. The summed E-state index contributed by atoms with van der Waals surface area (Å²) in [6.45, 7) is 3.54. The maximum Gasteiger partial charge on any atom is 0.258 e. The Hall–Kier alpha value is -2.22. The number of anilines is 1. The first kappa shape index (κ1) is 18.2. The number of morpholine rings is 1. The van der Waals surface area contributed by atoms with Crippen molar-refractivity contribution in [3.8, 4) is 0 Å². The number of ether oxygens (including phenoxy) is 1. The summed E-state index contributed by atoms with van der Waals surface area (Å²) in [5.74, 6) is -0.109. The van der Waals surface area contributed by atoms with Gasteiger partial charge >= 0.3 is 0 Å². The summed E-state index contributed by atoms with van der Waals surface area (Å²) < 4.78 is 32.1. The summed E-state index contributed by atoms with van der Waals surface area (Å²) >= 11 is 0. The topological polar surface area (TPSA) is 66.9 Å². The van der Waals surface area contributed by atoms with E-state index in [1.54, 1.807) is 17.0 Å². The minimum atomic E-state index is -3.55. The van der Waals surface area contributed by atoms with Gasteiger partial charge in [0.05, 0.1) is 18.1 Å². The lowest BCUT2D eigenvalue weighted by molar-refractivity contribution is 0.0730. The van der Waals surface area contributed by atoms with Crippen molar-refractivity contribution < 1.29 is 17.9 Å². The standard InChI is InChI=1S/C20H22N2O4S/c1-15-14-17-4-2-3-5-19(17)22(15)20(23)16-6-8-18(9-7-16)27(24,25)21-10-12-26-13-11-21/h2-9,15H,10-14H2,1H3. The van der Waals surface area contributed by atoms with Crippen LogP contribution in [0.4, 0.5) is 5.69 Å². The molecule has 1 saturated heterocycles. The molecular formula is C20H22N2O4S. The second-order valence-electron chi connectivity index (χ2n) is 6.90. The van der Waals surface area contributed by atoms with Crippen molar-refractivity contribution in [2.75, 3.05) is 31.2 Å². The molecule has 142 valence electrons. The molecule has 6 nitrogen and oxygen atoms in total. The van der Waals surface area contributed by atoms with Crippen molar-refractivity contribution in [2.45, 2.75) is 24.3 Å². The van der Waals surface area contributed by atoms with Gasteiger partial charge in [0.2, 0.25) is 10.0 Å². The number of hydrogen-bond donors (Lipinski definition) is 0. The van der Waals surface area contributed by atoms with Gasteiger partial charge in [0, 0.05) is 30.4 Å². The second-order valence-corrected chi connectivity index (χ2v) is 8.84. The Labute approximate surface area is 159 Å². The van der Waals surface area contributed by atoms with Crippen LogP contribution in [0.5, 0.6) is 0 Å². The zero-order chi connectivity index (χ0) is 19.0. The highest BCUT2D eigenvalue weighted by atomic mass is 32.2. The molecule has 0 N–H and O–H groups in total. The first-order chi connectivity index (χ1) is 13.0. The lowest BCUT2D eigenvalue weighted by atomic mass is 10.1. The average Bonchev–Trinajstić information content (AvgIpc) is 3.04. The number of para-hydroxylation sites is 1. The lowest BCUT2D eigenvalue weighted by Crippen LogP contribution is -2.40. The zero-order valence-corrected chi connectivity index (χ0v) is 16.0. The Bertz CT molecular complexity index is 950. The van der Waals surface area contributed by atoms with Gasteiger partial charge < -0.3 is 9.64 Å². The van der Waals surface area contributed by atoms with Gasteiger partial charge in [-0.05, 0) is 49.2 Å². The summed E-state index contributed by atoms with van der Waals surface area (Å²) in [6, 6.07) is 14.2. The summed E-state index contributed by atoms with van der Waals surface area (Å²) in [5.41, 5.74) is 2.57. The highest BCUT2D eigenvalue weighted by Crippen LogP contribution is 2.33. The van der Waals surface area contributed by atoms with Crippen molar-refractivity contribution in [2.24, 2.45) is 0 Å². The van der Waals surface area contributed by atoms with Gasteiger partial charge in [0.1, 0.15) is 0 Å². The van der Waals surface area contributed by atoms with Crippen LogP contribution in [0.15, 0.2) is 53.4 Å². The minimum absolute atomic E-state index is 0.0756. The maximum absolute atomic E-state index is 13.0. The van der Waals surface area contributed by atoms with Gasteiger partial charge in [-0.3, -0.25) is 4.79 Å². The SMILES string of the molecule is CC1Cc2ccccc2N1C(=O)c1ccc(S(=O)(=O)N2CCOCC2)cc1. The van der Waals surface area contributed by atoms with Gasteiger partial charge in [-0.1, -0.05) is 18.2 Å². The molecule has 2 aromatic carbocycles. The van der Waals surface area contributed by atoms with E-state index < -0.39 is 10.0 Å². The molecule has 1 unspecified atom stereocenters. The molecule has 0 radical (unpaired) electrons. The van der Waals surface area contributed by atoms with Crippen LogP contribution in [0.25, 0.3) is 0 Å². The van der Waals surface area contributed by atoms with Crippen molar-refractivity contribution in [3.63, 3.8) is 0 Å². The van der Waals surface area contributed by atoms with Crippen LogP contribution in [0.1, 0.15) is 22.8 Å². The Morgan fingerprint density at radius 3 is 2.41 bits per heavy atom. The van der Waals surface area contributed by atoms with Gasteiger partial charge in [-0.15, -0.1) is 0 Å². The fourth-order valence-corrected chi connectivity index (χ4v) is 5.13. The fraction of sp³-hybridized carbons (Fsp3) is 0.350. The van der Waals surface area contributed by atoms with Gasteiger partial charge in [-0.2, -0.15) is 4.31 Å². The summed E-state index contributed by atoms with van der Waals surface area (Å²) in [7, 11) is -3.55. The summed E-state index contributed by atoms with van der Waals surface area (Å²) in [6.07, 6.45) is 0.825. The predicted molar refractivity (Wildman–Crippen MR) is 102 cm³/mol. The van der Waals surface area contributed by atoms with Crippen molar-refractivity contribution in [1.29, 1.82) is 0 Å². The number of sulfonamides is 1. The molecule has 1 fully saturated rings. The molecule has 2 aliphatic rings. The number of rotatable bonds is 3. The van der Waals surface area contributed by atoms with Crippen LogP contribution >= 0.6 is 0 Å². The Morgan fingerprint density at radius 2 is 1.70 bits per heavy atom. The van der Waals surface area contributed by atoms with Crippen LogP contribution in [0.3, 0.4) is 0 Å².